The Morgan fingerprint density at radius 3 is 2.50 bits per heavy atom. The maximum atomic E-state index is 13.8. The van der Waals surface area contributed by atoms with Gasteiger partial charge in [0.05, 0.1) is 37.3 Å². The van der Waals surface area contributed by atoms with E-state index in [1.165, 1.54) is 25.4 Å². The summed E-state index contributed by atoms with van der Waals surface area (Å²) in [6, 6.07) is 2.60. The van der Waals surface area contributed by atoms with Crippen molar-refractivity contribution in [3.8, 4) is 11.7 Å². The van der Waals surface area contributed by atoms with Gasteiger partial charge in [-0.15, -0.1) is 10.2 Å². The van der Waals surface area contributed by atoms with Crippen LogP contribution in [-0.2, 0) is 12.7 Å². The normalized spacial score (nSPS) is 11.7. The summed E-state index contributed by atoms with van der Waals surface area (Å²) < 4.78 is 48.4. The summed E-state index contributed by atoms with van der Waals surface area (Å²) >= 11 is 0. The highest BCUT2D eigenvalue weighted by Crippen LogP contribution is 2.33. The molecule has 3 heterocycles. The lowest BCUT2D eigenvalue weighted by Crippen LogP contribution is -2.27. The van der Waals surface area contributed by atoms with Crippen LogP contribution in [0.25, 0.3) is 5.82 Å². The third kappa shape index (κ3) is 5.22. The van der Waals surface area contributed by atoms with Crippen LogP contribution >= 0.6 is 0 Å². The van der Waals surface area contributed by atoms with Gasteiger partial charge in [-0.3, -0.25) is 9.48 Å². The van der Waals surface area contributed by atoms with E-state index in [1.54, 1.807) is 10.9 Å². The Bertz CT molecular complexity index is 1040. The summed E-state index contributed by atoms with van der Waals surface area (Å²) in [5, 5.41) is 17.6. The molecule has 0 aliphatic heterocycles. The average Bonchev–Trinajstić information content (AvgIpc) is 3.41. The molecule has 3 rings (SSSR count). The van der Waals surface area contributed by atoms with E-state index < -0.39 is 23.3 Å². The fourth-order valence-electron chi connectivity index (χ4n) is 3.03. The van der Waals surface area contributed by atoms with Gasteiger partial charge in [-0.05, 0) is 19.2 Å². The minimum atomic E-state index is -4.86. The van der Waals surface area contributed by atoms with Crippen molar-refractivity contribution in [3.63, 3.8) is 0 Å². The van der Waals surface area contributed by atoms with Gasteiger partial charge in [0.15, 0.2) is 11.5 Å². The molecule has 0 aromatic carbocycles. The molecule has 0 bridgehead atoms. The summed E-state index contributed by atoms with van der Waals surface area (Å²) in [4.78, 5) is 14.8. The monoisotopic (exact) mass is 452 g/mol. The van der Waals surface area contributed by atoms with Gasteiger partial charge in [-0.1, -0.05) is 13.8 Å². The molecule has 10 nitrogen and oxygen atoms in total. The maximum absolute atomic E-state index is 13.8. The Kier molecular flexibility index (Phi) is 7.08. The fraction of sp³-hybridized carbons (Fsp3) is 0.421. The molecule has 172 valence electrons. The first-order chi connectivity index (χ1) is 15.3. The number of likely N-dealkylation sites (N-methyl/N-ethyl adjacent to an activating group) is 1. The second-order valence-corrected chi connectivity index (χ2v) is 6.72. The predicted octanol–water partition coefficient (Wildman–Crippen LogP) is 2.48. The minimum Gasteiger partial charge on any atom is -0.480 e. The largest absolute Gasteiger partial charge is 0.480 e. The second-order valence-electron chi connectivity index (χ2n) is 6.72. The van der Waals surface area contributed by atoms with Crippen molar-refractivity contribution >= 4 is 11.6 Å². The quantitative estimate of drug-likeness (QED) is 0.532. The Morgan fingerprint density at radius 2 is 1.91 bits per heavy atom. The Hall–Kier alpha value is -3.48. The summed E-state index contributed by atoms with van der Waals surface area (Å²) in [7, 11) is 1.35. The van der Waals surface area contributed by atoms with Gasteiger partial charge in [0.2, 0.25) is 5.88 Å². The van der Waals surface area contributed by atoms with E-state index in [0.717, 1.165) is 25.8 Å². The van der Waals surface area contributed by atoms with Crippen LogP contribution in [0.2, 0.25) is 0 Å². The van der Waals surface area contributed by atoms with Crippen LogP contribution in [-0.4, -0.2) is 67.3 Å². The van der Waals surface area contributed by atoms with Crippen molar-refractivity contribution in [2.24, 2.45) is 0 Å². The molecule has 0 saturated carbocycles. The average molecular weight is 452 g/mol. The molecule has 0 unspecified atom stereocenters. The highest BCUT2D eigenvalue weighted by molar-refractivity contribution is 6.05. The Morgan fingerprint density at radius 1 is 1.16 bits per heavy atom. The van der Waals surface area contributed by atoms with E-state index in [1.807, 2.05) is 13.8 Å². The summed E-state index contributed by atoms with van der Waals surface area (Å²) in [6.45, 7) is 7.23. The predicted molar refractivity (Wildman–Crippen MR) is 109 cm³/mol. The molecule has 0 fully saturated rings. The molecule has 0 atom stereocenters. The highest BCUT2D eigenvalue weighted by atomic mass is 19.4. The molecular weight excluding hydrogens is 429 g/mol. The van der Waals surface area contributed by atoms with Gasteiger partial charge in [0.1, 0.15) is 0 Å². The van der Waals surface area contributed by atoms with Crippen LogP contribution in [0, 0.1) is 0 Å². The number of hydrogen-bond donors (Lipinski definition) is 1. The van der Waals surface area contributed by atoms with Gasteiger partial charge >= 0.3 is 6.18 Å². The lowest BCUT2D eigenvalue weighted by molar-refractivity contribution is -0.143. The second kappa shape index (κ2) is 9.77. The third-order valence-corrected chi connectivity index (χ3v) is 4.77. The van der Waals surface area contributed by atoms with Crippen molar-refractivity contribution in [1.82, 2.24) is 34.7 Å². The van der Waals surface area contributed by atoms with E-state index in [4.69, 9.17) is 4.74 Å². The van der Waals surface area contributed by atoms with Crippen molar-refractivity contribution in [1.29, 1.82) is 0 Å². The summed E-state index contributed by atoms with van der Waals surface area (Å²) in [5.41, 5.74) is -1.63. The first-order valence-electron chi connectivity index (χ1n) is 9.86. The van der Waals surface area contributed by atoms with E-state index >= 15 is 0 Å². The molecule has 32 heavy (non-hydrogen) atoms. The van der Waals surface area contributed by atoms with Crippen molar-refractivity contribution in [3.05, 3.63) is 42.0 Å². The van der Waals surface area contributed by atoms with Crippen LogP contribution in [0.5, 0.6) is 5.88 Å². The number of alkyl halides is 3. The number of amides is 1. The number of aromatic nitrogens is 6. The molecule has 0 aliphatic rings. The maximum Gasteiger partial charge on any atom is 0.434 e. The smallest absolute Gasteiger partial charge is 0.434 e. The van der Waals surface area contributed by atoms with Crippen LogP contribution in [0.15, 0.2) is 30.7 Å². The number of anilines is 1. The van der Waals surface area contributed by atoms with Crippen LogP contribution in [0.4, 0.5) is 18.9 Å². The first-order valence-corrected chi connectivity index (χ1v) is 9.86. The number of ether oxygens (including phenoxy) is 1. The van der Waals surface area contributed by atoms with Crippen LogP contribution in [0.1, 0.15) is 29.9 Å². The molecule has 1 N–H and O–H groups in total. The van der Waals surface area contributed by atoms with E-state index in [2.05, 4.69) is 30.6 Å². The summed E-state index contributed by atoms with van der Waals surface area (Å²) in [6.07, 6.45) is -1.08. The lowest BCUT2D eigenvalue weighted by atomic mass is 10.2. The number of nitrogens with one attached hydrogen (secondary N) is 1. The van der Waals surface area contributed by atoms with Gasteiger partial charge < -0.3 is 15.0 Å². The van der Waals surface area contributed by atoms with Crippen molar-refractivity contribution in [2.45, 2.75) is 26.6 Å². The van der Waals surface area contributed by atoms with E-state index in [-0.39, 0.29) is 17.4 Å². The fourth-order valence-corrected chi connectivity index (χ4v) is 3.03. The summed E-state index contributed by atoms with van der Waals surface area (Å²) in [5.74, 6) is -1.04. The number of carbonyl (C=O) groups excluding carboxylic acids is 1. The number of carbonyl (C=O) groups is 1. The minimum absolute atomic E-state index is 0.130. The van der Waals surface area contributed by atoms with Gasteiger partial charge in [-0.2, -0.15) is 23.4 Å². The zero-order valence-electron chi connectivity index (χ0n) is 17.8. The number of methoxy groups -OCH3 is 1. The van der Waals surface area contributed by atoms with E-state index in [0.29, 0.717) is 11.2 Å². The number of nitrogens with zero attached hydrogens (tertiary/aromatic N) is 7. The molecule has 0 radical (unpaired) electrons. The number of halogens is 3. The van der Waals surface area contributed by atoms with E-state index in [9.17, 15) is 18.0 Å². The highest BCUT2D eigenvalue weighted by Gasteiger charge is 2.41. The molecule has 0 spiro atoms. The van der Waals surface area contributed by atoms with Gasteiger partial charge in [-0.25, -0.2) is 4.68 Å². The third-order valence-electron chi connectivity index (χ3n) is 4.77. The Labute approximate surface area is 182 Å². The van der Waals surface area contributed by atoms with Crippen molar-refractivity contribution in [2.75, 3.05) is 32.1 Å². The molecular formula is C19H23F3N8O2. The van der Waals surface area contributed by atoms with Crippen LogP contribution < -0.4 is 10.1 Å². The number of hydrogen-bond acceptors (Lipinski definition) is 7. The SMILES string of the molecule is CCN(CC)CCn1cc(NC(=O)c2cnn(-c3ccc(OC)nn3)c2C(F)(F)F)cn1. The lowest BCUT2D eigenvalue weighted by Gasteiger charge is -2.17. The molecule has 0 aliphatic carbocycles. The van der Waals surface area contributed by atoms with Gasteiger partial charge in [0.25, 0.3) is 5.91 Å². The molecule has 1 amide bonds. The topological polar surface area (TPSA) is 103 Å². The zero-order valence-corrected chi connectivity index (χ0v) is 17.8. The van der Waals surface area contributed by atoms with Gasteiger partial charge in [0, 0.05) is 18.8 Å². The standard InChI is InChI=1S/C19H23F3N8O2/c1-4-28(5-2)8-9-29-12-13(10-23-29)25-18(31)14-11-24-30(17(14)19(20,21)22)15-6-7-16(32-3)27-26-15/h6-7,10-12H,4-5,8-9H2,1-3H3,(H,25,31). The van der Waals surface area contributed by atoms with Crippen LogP contribution in [0.3, 0.4) is 0 Å². The molecule has 3 aromatic heterocycles. The molecule has 13 heteroatoms. The number of rotatable bonds is 9. The molecule has 3 aromatic rings. The molecule has 0 saturated heterocycles. The Balaban J connectivity index is 1.80. The first kappa shape index (κ1) is 23.2. The zero-order chi connectivity index (χ0) is 23.3. The van der Waals surface area contributed by atoms with Crippen molar-refractivity contribution < 1.29 is 22.7 Å².